The van der Waals surface area contributed by atoms with E-state index >= 15 is 4.39 Å². The molecule has 2 N–H and O–H groups in total. The van der Waals surface area contributed by atoms with Crippen molar-refractivity contribution >= 4 is 22.6 Å². The highest BCUT2D eigenvalue weighted by Crippen LogP contribution is 2.31. The van der Waals surface area contributed by atoms with E-state index in [4.69, 9.17) is 17.6 Å². The maximum Gasteiger partial charge on any atom is 0.257 e. The smallest absolute Gasteiger partial charge is 0.257 e. The molecule has 1 aliphatic rings. The second-order valence-corrected chi connectivity index (χ2v) is 7.99. The number of hydrogen-bond acceptors (Lipinski definition) is 5. The first-order chi connectivity index (χ1) is 15.4. The van der Waals surface area contributed by atoms with Gasteiger partial charge in [-0.3, -0.25) is 9.78 Å². The van der Waals surface area contributed by atoms with Crippen LogP contribution in [0.3, 0.4) is 0 Å². The minimum Gasteiger partial charge on any atom is -0.383 e. The summed E-state index contributed by atoms with van der Waals surface area (Å²) >= 11 is 0. The Kier molecular flexibility index (Phi) is 5.70. The van der Waals surface area contributed by atoms with E-state index < -0.39 is 11.7 Å². The fraction of sp³-hybridized carbons (Fsp3) is 0.292. The van der Waals surface area contributed by atoms with Gasteiger partial charge in [0, 0.05) is 24.1 Å². The number of anilines is 1. The van der Waals surface area contributed by atoms with Crippen LogP contribution in [0.25, 0.3) is 15.7 Å². The van der Waals surface area contributed by atoms with Crippen molar-refractivity contribution in [1.82, 2.24) is 14.9 Å². The lowest BCUT2D eigenvalue weighted by Gasteiger charge is -2.29. The fourth-order valence-electron chi connectivity index (χ4n) is 4.17. The molecule has 4 rings (SSSR count). The average molecular weight is 428 g/mol. The highest BCUT2D eigenvalue weighted by atomic mass is 19.1. The molecule has 7 nitrogen and oxygen atoms in total. The maximum absolute atomic E-state index is 15.0. The number of nitriles is 1. The number of carbonyl (C=O) groups is 1. The third kappa shape index (κ3) is 3.95. The van der Waals surface area contributed by atoms with Gasteiger partial charge in [-0.15, -0.1) is 0 Å². The van der Waals surface area contributed by atoms with Crippen molar-refractivity contribution in [1.29, 1.82) is 5.26 Å². The molecule has 1 aliphatic carbocycles. The highest BCUT2D eigenvalue weighted by Gasteiger charge is 2.40. The minimum absolute atomic E-state index is 0.0762. The van der Waals surface area contributed by atoms with Gasteiger partial charge in [0.1, 0.15) is 23.7 Å². The van der Waals surface area contributed by atoms with Gasteiger partial charge in [0.05, 0.1) is 28.9 Å². The van der Waals surface area contributed by atoms with Gasteiger partial charge < -0.3 is 15.5 Å². The van der Waals surface area contributed by atoms with E-state index in [0.29, 0.717) is 40.8 Å². The Morgan fingerprint density at radius 2 is 2.19 bits per heavy atom. The summed E-state index contributed by atoms with van der Waals surface area (Å²) in [4.78, 5) is 27.3. The Labute approximate surface area is 185 Å². The van der Waals surface area contributed by atoms with Crippen molar-refractivity contribution in [2.75, 3.05) is 5.73 Å². The Hall–Kier alpha value is -4.04. The van der Waals surface area contributed by atoms with E-state index in [-0.39, 0.29) is 24.2 Å². The molecular formula is C24H21FN6O. The maximum atomic E-state index is 15.0. The topological polar surface area (TPSA) is 100 Å². The molecule has 2 atom stereocenters. The molecule has 1 fully saturated rings. The Morgan fingerprint density at radius 1 is 1.38 bits per heavy atom. The largest absolute Gasteiger partial charge is 0.383 e. The standard InChI is InChI=1S/C24H21FN6O/c1-14-8-16-9-18(19(25)10-21(16)30-23(14)27)24(32)31(22-5-3-4-20(22)28-2)13-17-7-6-15(11-26)12-29-17/h6-10,12,20,22H,3-5,13H2,1H3,(H2,27,30). The van der Waals surface area contributed by atoms with E-state index in [9.17, 15) is 4.79 Å². The Morgan fingerprint density at radius 3 is 2.88 bits per heavy atom. The van der Waals surface area contributed by atoms with Crippen LogP contribution in [-0.2, 0) is 6.54 Å². The molecule has 3 aromatic rings. The molecule has 2 unspecified atom stereocenters. The molecule has 1 aromatic carbocycles. The van der Waals surface area contributed by atoms with E-state index in [1.165, 1.54) is 18.3 Å². The number of aromatic nitrogens is 2. The summed E-state index contributed by atoms with van der Waals surface area (Å²) in [5.74, 6) is -0.866. The first-order valence-electron chi connectivity index (χ1n) is 10.3. The summed E-state index contributed by atoms with van der Waals surface area (Å²) < 4.78 is 15.0. The third-order valence-corrected chi connectivity index (χ3v) is 5.92. The van der Waals surface area contributed by atoms with Gasteiger partial charge in [-0.25, -0.2) is 15.9 Å². The highest BCUT2D eigenvalue weighted by molar-refractivity contribution is 5.98. The number of nitrogens with zero attached hydrogens (tertiary/aromatic N) is 5. The SMILES string of the molecule is [C-]#[N+]C1CCCC1N(Cc1ccc(C#N)cn1)C(=O)c1cc2cc(C)c(N)nc2cc1F. The summed E-state index contributed by atoms with van der Waals surface area (Å²) in [5.41, 5.74) is 7.86. The van der Waals surface area contributed by atoms with Gasteiger partial charge in [-0.05, 0) is 49.6 Å². The first-order valence-corrected chi connectivity index (χ1v) is 10.3. The predicted molar refractivity (Wildman–Crippen MR) is 118 cm³/mol. The number of benzene rings is 1. The lowest BCUT2D eigenvalue weighted by Crippen LogP contribution is -2.43. The summed E-state index contributed by atoms with van der Waals surface area (Å²) in [7, 11) is 0. The Balaban J connectivity index is 1.75. The molecule has 0 radical (unpaired) electrons. The molecule has 1 saturated carbocycles. The van der Waals surface area contributed by atoms with Crippen molar-refractivity contribution in [3.8, 4) is 6.07 Å². The molecule has 2 aromatic heterocycles. The van der Waals surface area contributed by atoms with Crippen LogP contribution in [0.15, 0.2) is 36.5 Å². The average Bonchev–Trinajstić information content (AvgIpc) is 3.27. The van der Waals surface area contributed by atoms with Crippen molar-refractivity contribution < 1.29 is 9.18 Å². The van der Waals surface area contributed by atoms with Gasteiger partial charge in [0.2, 0.25) is 6.04 Å². The second kappa shape index (κ2) is 8.60. The monoisotopic (exact) mass is 428 g/mol. The minimum atomic E-state index is -0.687. The quantitative estimate of drug-likeness (QED) is 0.633. The van der Waals surface area contributed by atoms with Crippen LogP contribution >= 0.6 is 0 Å². The molecule has 8 heteroatoms. The van der Waals surface area contributed by atoms with Crippen LogP contribution in [0.4, 0.5) is 10.2 Å². The molecular weight excluding hydrogens is 407 g/mol. The summed E-state index contributed by atoms with van der Waals surface area (Å²) in [6.07, 6.45) is 3.63. The zero-order valence-corrected chi connectivity index (χ0v) is 17.5. The van der Waals surface area contributed by atoms with Crippen LogP contribution in [0, 0.1) is 30.6 Å². The van der Waals surface area contributed by atoms with Gasteiger partial charge in [-0.1, -0.05) is 0 Å². The molecule has 0 bridgehead atoms. The lowest BCUT2D eigenvalue weighted by atomic mass is 10.0. The number of pyridine rings is 2. The van der Waals surface area contributed by atoms with Gasteiger partial charge in [-0.2, -0.15) is 5.26 Å². The van der Waals surface area contributed by atoms with Crippen LogP contribution in [-0.4, -0.2) is 32.9 Å². The molecule has 0 saturated heterocycles. The van der Waals surface area contributed by atoms with Crippen LogP contribution in [0.2, 0.25) is 0 Å². The number of carbonyl (C=O) groups excluding carboxylic acids is 1. The van der Waals surface area contributed by atoms with Crippen LogP contribution in [0.1, 0.15) is 46.4 Å². The van der Waals surface area contributed by atoms with Crippen molar-refractivity contribution in [2.24, 2.45) is 0 Å². The normalized spacial score (nSPS) is 17.6. The number of amides is 1. The van der Waals surface area contributed by atoms with Gasteiger partial charge >= 0.3 is 0 Å². The third-order valence-electron chi connectivity index (χ3n) is 5.92. The second-order valence-electron chi connectivity index (χ2n) is 7.99. The summed E-state index contributed by atoms with van der Waals surface area (Å²) in [6, 6.07) is 9.13. The van der Waals surface area contributed by atoms with Crippen molar-refractivity contribution in [2.45, 2.75) is 44.8 Å². The molecule has 32 heavy (non-hydrogen) atoms. The first kappa shape index (κ1) is 21.2. The van der Waals surface area contributed by atoms with Gasteiger partial charge in [0.25, 0.3) is 5.91 Å². The Bertz CT molecular complexity index is 1270. The summed E-state index contributed by atoms with van der Waals surface area (Å²) in [6.45, 7) is 9.46. The number of nitrogens with two attached hydrogens (primary N) is 1. The molecule has 2 heterocycles. The summed E-state index contributed by atoms with van der Waals surface area (Å²) in [5, 5.41) is 9.61. The number of nitrogen functional groups attached to an aromatic ring is 1. The molecule has 0 aliphatic heterocycles. The number of hydrogen-bond donors (Lipinski definition) is 1. The van der Waals surface area contributed by atoms with E-state index in [1.807, 2.05) is 6.07 Å². The van der Waals surface area contributed by atoms with Crippen molar-refractivity contribution in [3.05, 3.63) is 76.1 Å². The van der Waals surface area contributed by atoms with Crippen molar-refractivity contribution in [3.63, 3.8) is 0 Å². The zero-order chi connectivity index (χ0) is 22.8. The number of halogens is 1. The van der Waals surface area contributed by atoms with Crippen LogP contribution < -0.4 is 5.73 Å². The van der Waals surface area contributed by atoms with Gasteiger partial charge in [0.15, 0.2) is 0 Å². The number of aryl methyl sites for hydroxylation is 1. The van der Waals surface area contributed by atoms with Crippen LogP contribution in [0.5, 0.6) is 0 Å². The van der Waals surface area contributed by atoms with E-state index in [1.54, 1.807) is 30.0 Å². The fourth-order valence-corrected chi connectivity index (χ4v) is 4.17. The zero-order valence-electron chi connectivity index (χ0n) is 17.5. The number of fused-ring (bicyclic) bond motifs is 1. The van der Waals surface area contributed by atoms with E-state index in [2.05, 4.69) is 14.8 Å². The predicted octanol–water partition coefficient (Wildman–Crippen LogP) is 4.01. The van der Waals surface area contributed by atoms with E-state index in [0.717, 1.165) is 12.0 Å². The lowest BCUT2D eigenvalue weighted by molar-refractivity contribution is 0.0651. The molecule has 160 valence electrons. The molecule has 0 spiro atoms. The number of rotatable bonds is 4. The molecule has 1 amide bonds.